The fraction of sp³-hybridized carbons (Fsp3) is 0.357. The van der Waals surface area contributed by atoms with Crippen LogP contribution in [0.1, 0.15) is 30.6 Å². The van der Waals surface area contributed by atoms with Crippen LogP contribution in [-0.4, -0.2) is 35.5 Å². The smallest absolute Gasteiger partial charge is 0.345 e. The van der Waals surface area contributed by atoms with E-state index >= 15 is 0 Å². The lowest BCUT2D eigenvalue weighted by atomic mass is 10.2. The van der Waals surface area contributed by atoms with Gasteiger partial charge in [-0.2, -0.15) is 0 Å². The van der Waals surface area contributed by atoms with Gasteiger partial charge in [-0.05, 0) is 19.4 Å². The number of urea groups is 1. The topological polar surface area (TPSA) is 128 Å². The number of carbonyl (C=O) groups is 3. The first kappa shape index (κ1) is 18.1. The summed E-state index contributed by atoms with van der Waals surface area (Å²) in [6, 6.07) is 4.39. The third-order valence-electron chi connectivity index (χ3n) is 2.90. The molecule has 9 nitrogen and oxygen atoms in total. The van der Waals surface area contributed by atoms with Crippen molar-refractivity contribution in [3.63, 3.8) is 0 Å². The molecule has 3 amide bonds. The van der Waals surface area contributed by atoms with Crippen LogP contribution in [0.3, 0.4) is 0 Å². The number of nitro benzene ring substituents is 1. The predicted octanol–water partition coefficient (Wildman–Crippen LogP) is 1.38. The van der Waals surface area contributed by atoms with E-state index in [1.807, 2.05) is 12.2 Å². The Hall–Kier alpha value is -2.97. The molecule has 1 atom stereocenters. The molecule has 0 radical (unpaired) electrons. The zero-order chi connectivity index (χ0) is 17.4. The molecule has 0 spiro atoms. The van der Waals surface area contributed by atoms with Gasteiger partial charge in [0, 0.05) is 12.1 Å². The van der Waals surface area contributed by atoms with Crippen molar-refractivity contribution in [1.29, 1.82) is 0 Å². The van der Waals surface area contributed by atoms with Crippen LogP contribution in [0, 0.1) is 10.1 Å². The molecule has 0 saturated carbocycles. The third-order valence-corrected chi connectivity index (χ3v) is 2.90. The number of ether oxygens (including phenoxy) is 1. The van der Waals surface area contributed by atoms with Crippen molar-refractivity contribution in [3.05, 3.63) is 39.9 Å². The molecule has 0 aliphatic carbocycles. The van der Waals surface area contributed by atoms with Gasteiger partial charge in [0.2, 0.25) is 0 Å². The second-order valence-corrected chi connectivity index (χ2v) is 4.68. The van der Waals surface area contributed by atoms with Gasteiger partial charge in [-0.25, -0.2) is 9.59 Å². The zero-order valence-electron chi connectivity index (χ0n) is 12.7. The van der Waals surface area contributed by atoms with Crippen LogP contribution in [0.15, 0.2) is 24.3 Å². The number of nitro groups is 1. The summed E-state index contributed by atoms with van der Waals surface area (Å²) in [7, 11) is 0. The van der Waals surface area contributed by atoms with E-state index in [0.29, 0.717) is 6.42 Å². The highest BCUT2D eigenvalue weighted by Crippen LogP contribution is 2.18. The van der Waals surface area contributed by atoms with Crippen LogP contribution in [-0.2, 0) is 9.53 Å². The normalized spacial score (nSPS) is 11.2. The molecule has 0 aromatic heterocycles. The van der Waals surface area contributed by atoms with E-state index in [0.717, 1.165) is 6.07 Å². The van der Waals surface area contributed by atoms with Crippen LogP contribution in [0.25, 0.3) is 0 Å². The Morgan fingerprint density at radius 3 is 2.57 bits per heavy atom. The molecule has 23 heavy (non-hydrogen) atoms. The van der Waals surface area contributed by atoms with Gasteiger partial charge in [0.05, 0.1) is 4.92 Å². The first-order valence-corrected chi connectivity index (χ1v) is 6.86. The summed E-state index contributed by atoms with van der Waals surface area (Å²) in [6.07, 6.45) is 0.689. The summed E-state index contributed by atoms with van der Waals surface area (Å²) >= 11 is 0. The van der Waals surface area contributed by atoms with Crippen molar-refractivity contribution >= 4 is 23.6 Å². The summed E-state index contributed by atoms with van der Waals surface area (Å²) in [6.45, 7) is 2.90. The average Bonchev–Trinajstić information content (AvgIpc) is 2.52. The van der Waals surface area contributed by atoms with Gasteiger partial charge in [0.25, 0.3) is 11.6 Å². The number of imide groups is 1. The molecule has 0 saturated heterocycles. The number of hydrogen-bond acceptors (Lipinski definition) is 6. The molecule has 1 aromatic carbocycles. The first-order valence-electron chi connectivity index (χ1n) is 6.86. The maximum Gasteiger partial charge on any atom is 0.345 e. The van der Waals surface area contributed by atoms with E-state index in [-0.39, 0.29) is 11.6 Å². The van der Waals surface area contributed by atoms with Crippen molar-refractivity contribution in [2.75, 3.05) is 6.61 Å². The highest BCUT2D eigenvalue weighted by molar-refractivity contribution is 5.98. The first-order chi connectivity index (χ1) is 10.8. The predicted molar refractivity (Wildman–Crippen MR) is 79.8 cm³/mol. The van der Waals surface area contributed by atoms with Crippen LogP contribution >= 0.6 is 0 Å². The highest BCUT2D eigenvalue weighted by Gasteiger charge is 2.21. The van der Waals surface area contributed by atoms with Crippen LogP contribution < -0.4 is 10.6 Å². The molecule has 0 fully saturated rings. The van der Waals surface area contributed by atoms with Crippen molar-refractivity contribution in [2.45, 2.75) is 26.3 Å². The molecule has 2 N–H and O–H groups in total. The molecule has 0 bridgehead atoms. The Morgan fingerprint density at radius 1 is 1.30 bits per heavy atom. The lowest BCUT2D eigenvalue weighted by Gasteiger charge is -2.11. The van der Waals surface area contributed by atoms with Gasteiger partial charge >= 0.3 is 12.0 Å². The third kappa shape index (κ3) is 5.73. The average molecular weight is 323 g/mol. The Balaban J connectivity index is 2.55. The minimum absolute atomic E-state index is 0.114. The number of carbonyl (C=O) groups excluding carboxylic acids is 3. The SMILES string of the molecule is CC[C@H](C)NC(=O)NC(=O)COC(=O)c1ccccc1[N+](=O)[O-]. The quantitative estimate of drug-likeness (QED) is 0.462. The monoisotopic (exact) mass is 323 g/mol. The van der Waals surface area contributed by atoms with E-state index in [9.17, 15) is 24.5 Å². The lowest BCUT2D eigenvalue weighted by molar-refractivity contribution is -0.385. The number of nitrogens with zero attached hydrogens (tertiary/aromatic N) is 1. The number of para-hydroxylation sites is 1. The minimum atomic E-state index is -1.02. The molecule has 1 rings (SSSR count). The number of rotatable bonds is 6. The van der Waals surface area contributed by atoms with E-state index < -0.39 is 35.1 Å². The van der Waals surface area contributed by atoms with Crippen molar-refractivity contribution < 1.29 is 24.0 Å². The van der Waals surface area contributed by atoms with Gasteiger partial charge in [-0.15, -0.1) is 0 Å². The summed E-state index contributed by atoms with van der Waals surface area (Å²) in [5.41, 5.74) is -0.693. The van der Waals surface area contributed by atoms with E-state index in [1.165, 1.54) is 18.2 Å². The number of benzene rings is 1. The molecule has 0 heterocycles. The fourth-order valence-corrected chi connectivity index (χ4v) is 1.54. The Morgan fingerprint density at radius 2 is 1.96 bits per heavy atom. The Labute approximate surface area is 132 Å². The lowest BCUT2D eigenvalue weighted by Crippen LogP contribution is -2.44. The number of esters is 1. The summed E-state index contributed by atoms with van der Waals surface area (Å²) < 4.78 is 4.68. The molecule has 0 unspecified atom stereocenters. The van der Waals surface area contributed by atoms with Gasteiger partial charge < -0.3 is 10.1 Å². The molecule has 9 heteroatoms. The second kappa shape index (κ2) is 8.47. The van der Waals surface area contributed by atoms with E-state index in [2.05, 4.69) is 10.1 Å². The van der Waals surface area contributed by atoms with Gasteiger partial charge in [-0.1, -0.05) is 19.1 Å². The largest absolute Gasteiger partial charge is 0.452 e. The molecule has 0 aliphatic heterocycles. The van der Waals surface area contributed by atoms with Crippen molar-refractivity contribution in [1.82, 2.24) is 10.6 Å². The maximum atomic E-state index is 11.8. The summed E-state index contributed by atoms with van der Waals surface area (Å²) in [5, 5.41) is 15.3. The second-order valence-electron chi connectivity index (χ2n) is 4.68. The van der Waals surface area contributed by atoms with Gasteiger partial charge in [0.15, 0.2) is 6.61 Å². The van der Waals surface area contributed by atoms with Crippen LogP contribution in [0.4, 0.5) is 10.5 Å². The molecular weight excluding hydrogens is 306 g/mol. The Bertz CT molecular complexity index is 616. The highest BCUT2D eigenvalue weighted by atomic mass is 16.6. The summed E-state index contributed by atoms with van der Waals surface area (Å²) in [5.74, 6) is -1.85. The standard InChI is InChI=1S/C14H17N3O6/c1-3-9(2)15-14(20)16-12(18)8-23-13(19)10-6-4-5-7-11(10)17(21)22/h4-7,9H,3,8H2,1-2H3,(H2,15,16,18,20)/t9-/m0/s1. The fourth-order valence-electron chi connectivity index (χ4n) is 1.54. The maximum absolute atomic E-state index is 11.8. The molecule has 124 valence electrons. The van der Waals surface area contributed by atoms with Crippen LogP contribution in [0.2, 0.25) is 0 Å². The summed E-state index contributed by atoms with van der Waals surface area (Å²) in [4.78, 5) is 44.8. The van der Waals surface area contributed by atoms with Crippen molar-refractivity contribution in [2.24, 2.45) is 0 Å². The molecule has 0 aliphatic rings. The van der Waals surface area contributed by atoms with Crippen molar-refractivity contribution in [3.8, 4) is 0 Å². The number of amides is 3. The number of nitrogens with one attached hydrogen (secondary N) is 2. The molecule has 1 aromatic rings. The molecular formula is C14H17N3O6. The van der Waals surface area contributed by atoms with Crippen LogP contribution in [0.5, 0.6) is 0 Å². The van der Waals surface area contributed by atoms with E-state index in [4.69, 9.17) is 0 Å². The van der Waals surface area contributed by atoms with Gasteiger partial charge in [-0.3, -0.25) is 20.2 Å². The Kier molecular flexibility index (Phi) is 6.66. The number of hydrogen-bond donors (Lipinski definition) is 2. The van der Waals surface area contributed by atoms with E-state index in [1.54, 1.807) is 6.92 Å². The van der Waals surface area contributed by atoms with Gasteiger partial charge in [0.1, 0.15) is 5.56 Å². The zero-order valence-corrected chi connectivity index (χ0v) is 12.7. The minimum Gasteiger partial charge on any atom is -0.452 e.